The fourth-order valence-electron chi connectivity index (χ4n) is 2.31. The van der Waals surface area contributed by atoms with Crippen molar-refractivity contribution in [3.05, 3.63) is 34.9 Å². The summed E-state index contributed by atoms with van der Waals surface area (Å²) in [6.45, 7) is 4.00. The summed E-state index contributed by atoms with van der Waals surface area (Å²) in [5.74, 6) is 0.248. The highest BCUT2D eigenvalue weighted by Crippen LogP contribution is 2.28. The minimum absolute atomic E-state index is 0.248. The second-order valence-corrected chi connectivity index (χ2v) is 6.66. The molecule has 0 spiro atoms. The highest BCUT2D eigenvalue weighted by Gasteiger charge is 2.27. The molecule has 0 heterocycles. The van der Waals surface area contributed by atoms with Gasteiger partial charge in [-0.25, -0.2) is 0 Å². The van der Waals surface area contributed by atoms with E-state index >= 15 is 0 Å². The largest absolute Gasteiger partial charge is 0.293 e. The van der Waals surface area contributed by atoms with Crippen molar-refractivity contribution >= 4 is 17.5 Å². The van der Waals surface area contributed by atoms with E-state index < -0.39 is 0 Å². The van der Waals surface area contributed by atoms with Crippen molar-refractivity contribution in [1.29, 1.82) is 0 Å². The number of thioether (sulfide) groups is 1. The zero-order valence-corrected chi connectivity index (χ0v) is 11.7. The Kier molecular flexibility index (Phi) is 3.62. The first kappa shape index (κ1) is 12.7. The molecule has 0 bridgehead atoms. The van der Waals surface area contributed by atoms with Crippen molar-refractivity contribution in [2.75, 3.05) is 6.26 Å². The van der Waals surface area contributed by atoms with Gasteiger partial charge in [0.1, 0.15) is 0 Å². The fourth-order valence-corrected chi connectivity index (χ4v) is 2.62. The van der Waals surface area contributed by atoms with Gasteiger partial charge in [0, 0.05) is 5.56 Å². The first-order valence-corrected chi connectivity index (χ1v) is 7.49. The fraction of sp³-hybridized carbons (Fsp3) is 0.533. The maximum absolute atomic E-state index is 12.4. The normalized spacial score (nSPS) is 15.5. The van der Waals surface area contributed by atoms with Gasteiger partial charge >= 0.3 is 0 Å². The number of fused-ring (bicyclic) bond motifs is 1. The van der Waals surface area contributed by atoms with Crippen LogP contribution in [0.1, 0.15) is 48.2 Å². The molecule has 17 heavy (non-hydrogen) atoms. The monoisotopic (exact) mass is 248 g/mol. The molecule has 0 aromatic heterocycles. The van der Waals surface area contributed by atoms with Crippen LogP contribution in [0, 0.1) is 0 Å². The van der Waals surface area contributed by atoms with Crippen LogP contribution in [-0.4, -0.2) is 16.8 Å². The molecular formula is C15H20OS. The predicted octanol–water partition coefficient (Wildman–Crippen LogP) is 3.89. The van der Waals surface area contributed by atoms with Crippen molar-refractivity contribution in [2.45, 2.75) is 44.3 Å². The highest BCUT2D eigenvalue weighted by molar-refractivity contribution is 8.00. The molecule has 0 atom stereocenters. The lowest BCUT2D eigenvalue weighted by Crippen LogP contribution is -2.27. The Balaban J connectivity index is 2.31. The molecule has 0 N–H and O–H groups in total. The molecule has 1 aromatic rings. The van der Waals surface area contributed by atoms with Gasteiger partial charge in [0.15, 0.2) is 5.78 Å². The van der Waals surface area contributed by atoms with E-state index in [1.807, 2.05) is 26.2 Å². The molecular weight excluding hydrogens is 228 g/mol. The third-order valence-electron chi connectivity index (χ3n) is 3.67. The summed E-state index contributed by atoms with van der Waals surface area (Å²) in [6.07, 6.45) is 6.86. The third-order valence-corrected chi connectivity index (χ3v) is 4.87. The van der Waals surface area contributed by atoms with Gasteiger partial charge in [0.2, 0.25) is 0 Å². The minimum Gasteiger partial charge on any atom is -0.293 e. The SMILES string of the molecule is CSC(C)(C)C(=O)c1ccc2c(c1)CCCC2. The van der Waals surface area contributed by atoms with Gasteiger partial charge in [-0.1, -0.05) is 12.1 Å². The number of aryl methyl sites for hydroxylation is 2. The Hall–Kier alpha value is -0.760. The summed E-state index contributed by atoms with van der Waals surface area (Å²) in [5, 5.41) is 0. The number of hydrogen-bond acceptors (Lipinski definition) is 2. The van der Waals surface area contributed by atoms with Crippen LogP contribution in [-0.2, 0) is 12.8 Å². The molecule has 1 aliphatic carbocycles. The summed E-state index contributed by atoms with van der Waals surface area (Å²) in [7, 11) is 0. The lowest BCUT2D eigenvalue weighted by Gasteiger charge is -2.22. The molecule has 2 heteroatoms. The van der Waals surface area contributed by atoms with E-state index in [2.05, 4.69) is 12.1 Å². The molecule has 92 valence electrons. The van der Waals surface area contributed by atoms with Gasteiger partial charge in [-0.05, 0) is 63.0 Å². The maximum atomic E-state index is 12.4. The zero-order valence-electron chi connectivity index (χ0n) is 10.9. The number of Topliss-reactive ketones (excluding diaryl/α,β-unsaturated/α-hetero) is 1. The minimum atomic E-state index is -0.317. The zero-order chi connectivity index (χ0) is 12.5. The first-order chi connectivity index (χ1) is 8.04. The van der Waals surface area contributed by atoms with Crippen LogP contribution in [0.2, 0.25) is 0 Å². The Labute approximate surface area is 108 Å². The lowest BCUT2D eigenvalue weighted by molar-refractivity contribution is 0.0958. The smallest absolute Gasteiger partial charge is 0.178 e. The van der Waals surface area contributed by atoms with Gasteiger partial charge in [0.25, 0.3) is 0 Å². The van der Waals surface area contributed by atoms with Gasteiger partial charge in [-0.3, -0.25) is 4.79 Å². The Bertz CT molecular complexity index is 435. The van der Waals surface area contributed by atoms with Crippen LogP contribution in [0.25, 0.3) is 0 Å². The van der Waals surface area contributed by atoms with Crippen molar-refractivity contribution in [3.8, 4) is 0 Å². The Morgan fingerprint density at radius 1 is 1.18 bits per heavy atom. The van der Waals surface area contributed by atoms with Crippen LogP contribution >= 0.6 is 11.8 Å². The van der Waals surface area contributed by atoms with Crippen molar-refractivity contribution in [2.24, 2.45) is 0 Å². The number of rotatable bonds is 3. The molecule has 0 unspecified atom stereocenters. The summed E-state index contributed by atoms with van der Waals surface area (Å²) < 4.78 is -0.317. The Morgan fingerprint density at radius 2 is 1.82 bits per heavy atom. The second-order valence-electron chi connectivity index (χ2n) is 5.23. The average molecular weight is 248 g/mol. The van der Waals surface area contributed by atoms with Crippen molar-refractivity contribution < 1.29 is 4.79 Å². The molecule has 0 amide bonds. The highest BCUT2D eigenvalue weighted by atomic mass is 32.2. The molecule has 0 aliphatic heterocycles. The van der Waals surface area contributed by atoms with Crippen LogP contribution in [0.4, 0.5) is 0 Å². The lowest BCUT2D eigenvalue weighted by atomic mass is 9.88. The van der Waals surface area contributed by atoms with E-state index in [1.54, 1.807) is 11.8 Å². The van der Waals surface area contributed by atoms with Gasteiger partial charge in [-0.15, -0.1) is 0 Å². The molecule has 0 saturated heterocycles. The third kappa shape index (κ3) is 2.57. The molecule has 1 aliphatic rings. The van der Waals surface area contributed by atoms with E-state index in [0.29, 0.717) is 0 Å². The van der Waals surface area contributed by atoms with E-state index in [0.717, 1.165) is 12.0 Å². The van der Waals surface area contributed by atoms with Crippen LogP contribution in [0.15, 0.2) is 18.2 Å². The number of benzene rings is 1. The average Bonchev–Trinajstić information content (AvgIpc) is 2.37. The standard InChI is InChI=1S/C15H20OS/c1-15(2,17-3)14(16)13-9-8-11-6-4-5-7-12(11)10-13/h8-10H,4-7H2,1-3H3. The summed E-state index contributed by atoms with van der Waals surface area (Å²) in [4.78, 5) is 12.4. The molecule has 0 radical (unpaired) electrons. The van der Waals surface area contributed by atoms with Crippen molar-refractivity contribution in [3.63, 3.8) is 0 Å². The van der Waals surface area contributed by atoms with Gasteiger partial charge in [-0.2, -0.15) is 11.8 Å². The second kappa shape index (κ2) is 4.85. The number of ketones is 1. The van der Waals surface area contributed by atoms with Gasteiger partial charge in [0.05, 0.1) is 4.75 Å². The summed E-state index contributed by atoms with van der Waals surface area (Å²) in [5.41, 5.74) is 3.71. The van der Waals surface area contributed by atoms with E-state index in [4.69, 9.17) is 0 Å². The van der Waals surface area contributed by atoms with E-state index in [-0.39, 0.29) is 10.5 Å². The number of hydrogen-bond donors (Lipinski definition) is 0. The van der Waals surface area contributed by atoms with E-state index in [1.165, 1.54) is 30.4 Å². The maximum Gasteiger partial charge on any atom is 0.178 e. The molecule has 2 rings (SSSR count). The number of carbonyl (C=O) groups is 1. The van der Waals surface area contributed by atoms with Crippen LogP contribution in [0.3, 0.4) is 0 Å². The topological polar surface area (TPSA) is 17.1 Å². The van der Waals surface area contributed by atoms with Crippen LogP contribution in [0.5, 0.6) is 0 Å². The Morgan fingerprint density at radius 3 is 2.47 bits per heavy atom. The quantitative estimate of drug-likeness (QED) is 0.755. The molecule has 1 aromatic carbocycles. The van der Waals surface area contributed by atoms with Gasteiger partial charge < -0.3 is 0 Å². The van der Waals surface area contributed by atoms with Crippen LogP contribution < -0.4 is 0 Å². The van der Waals surface area contributed by atoms with E-state index in [9.17, 15) is 4.79 Å². The predicted molar refractivity (Wildman–Crippen MR) is 75.0 cm³/mol. The summed E-state index contributed by atoms with van der Waals surface area (Å²) in [6, 6.07) is 6.28. The first-order valence-electron chi connectivity index (χ1n) is 6.26. The van der Waals surface area contributed by atoms with Crippen molar-refractivity contribution in [1.82, 2.24) is 0 Å². The molecule has 1 nitrogen and oxygen atoms in total. The molecule has 0 saturated carbocycles. The number of carbonyl (C=O) groups excluding carboxylic acids is 1. The molecule has 0 fully saturated rings. The summed E-state index contributed by atoms with van der Waals surface area (Å²) >= 11 is 1.62.